The van der Waals surface area contributed by atoms with Gasteiger partial charge >= 0.3 is 5.76 Å². The highest BCUT2D eigenvalue weighted by molar-refractivity contribution is 5.81. The SMILES string of the molecule is Cn1c(=O)oc2ccc(-c3ccc(CC(C#N)NC(=O)C4CNCC(O)C4)cc3)cc21. The van der Waals surface area contributed by atoms with Crippen LogP contribution >= 0.6 is 0 Å². The van der Waals surface area contributed by atoms with Gasteiger partial charge in [0, 0.05) is 26.6 Å². The van der Waals surface area contributed by atoms with E-state index in [1.54, 1.807) is 13.1 Å². The number of amides is 1. The number of β-amino-alcohol motifs (C(OH)–C–C–N with tert-alkyl or cyclic N) is 1. The lowest BCUT2D eigenvalue weighted by molar-refractivity contribution is -0.127. The third-order valence-electron chi connectivity index (χ3n) is 5.69. The summed E-state index contributed by atoms with van der Waals surface area (Å²) in [4.78, 5) is 24.1. The molecule has 31 heavy (non-hydrogen) atoms. The molecule has 0 radical (unpaired) electrons. The van der Waals surface area contributed by atoms with Crippen molar-refractivity contribution in [3.8, 4) is 17.2 Å². The zero-order valence-corrected chi connectivity index (χ0v) is 17.2. The van der Waals surface area contributed by atoms with Crippen LogP contribution in [0.2, 0.25) is 0 Å². The van der Waals surface area contributed by atoms with Crippen molar-refractivity contribution in [1.82, 2.24) is 15.2 Å². The summed E-state index contributed by atoms with van der Waals surface area (Å²) < 4.78 is 6.64. The Hall–Kier alpha value is -3.41. The fourth-order valence-electron chi connectivity index (χ4n) is 3.91. The van der Waals surface area contributed by atoms with Crippen molar-refractivity contribution >= 4 is 17.0 Å². The van der Waals surface area contributed by atoms with Crippen molar-refractivity contribution in [3.05, 3.63) is 58.6 Å². The van der Waals surface area contributed by atoms with Crippen molar-refractivity contribution in [2.24, 2.45) is 13.0 Å². The van der Waals surface area contributed by atoms with Gasteiger partial charge in [0.15, 0.2) is 5.58 Å². The highest BCUT2D eigenvalue weighted by Crippen LogP contribution is 2.24. The number of fused-ring (bicyclic) bond motifs is 1. The van der Waals surface area contributed by atoms with Crippen molar-refractivity contribution in [3.63, 3.8) is 0 Å². The molecule has 1 amide bonds. The fourth-order valence-corrected chi connectivity index (χ4v) is 3.91. The van der Waals surface area contributed by atoms with Crippen LogP contribution in [0.3, 0.4) is 0 Å². The Bertz CT molecular complexity index is 1190. The first-order chi connectivity index (χ1) is 14.9. The Morgan fingerprint density at radius 3 is 2.74 bits per heavy atom. The number of benzene rings is 2. The molecule has 1 saturated heterocycles. The molecule has 1 aromatic heterocycles. The predicted octanol–water partition coefficient (Wildman–Crippen LogP) is 1.32. The van der Waals surface area contributed by atoms with Crippen LogP contribution in [0.1, 0.15) is 12.0 Å². The second-order valence-electron chi connectivity index (χ2n) is 7.95. The Balaban J connectivity index is 1.44. The van der Waals surface area contributed by atoms with Crippen LogP contribution in [-0.2, 0) is 18.3 Å². The predicted molar refractivity (Wildman–Crippen MR) is 115 cm³/mol. The molecule has 0 bridgehead atoms. The van der Waals surface area contributed by atoms with Gasteiger partial charge in [-0.1, -0.05) is 30.3 Å². The number of nitrogens with zero attached hydrogens (tertiary/aromatic N) is 2. The van der Waals surface area contributed by atoms with E-state index >= 15 is 0 Å². The lowest BCUT2D eigenvalue weighted by Gasteiger charge is -2.26. The molecule has 3 aromatic rings. The van der Waals surface area contributed by atoms with Gasteiger partial charge in [0.2, 0.25) is 5.91 Å². The molecule has 2 aromatic carbocycles. The number of nitrogens with one attached hydrogen (secondary N) is 2. The minimum Gasteiger partial charge on any atom is -0.408 e. The molecular formula is C23H24N4O4. The van der Waals surface area contributed by atoms with E-state index < -0.39 is 17.9 Å². The normalized spacial score (nSPS) is 19.6. The van der Waals surface area contributed by atoms with Crippen LogP contribution in [0.5, 0.6) is 0 Å². The first-order valence-electron chi connectivity index (χ1n) is 10.2. The number of aliphatic hydroxyl groups excluding tert-OH is 1. The molecule has 1 fully saturated rings. The van der Waals surface area contributed by atoms with E-state index in [1.165, 1.54) is 4.57 Å². The third-order valence-corrected chi connectivity index (χ3v) is 5.69. The Labute approximate surface area is 179 Å². The number of hydrogen-bond acceptors (Lipinski definition) is 6. The van der Waals surface area contributed by atoms with E-state index in [1.807, 2.05) is 36.4 Å². The van der Waals surface area contributed by atoms with Crippen molar-refractivity contribution in [1.29, 1.82) is 5.26 Å². The van der Waals surface area contributed by atoms with E-state index in [0.29, 0.717) is 31.5 Å². The number of carbonyl (C=O) groups excluding carboxylic acids is 1. The van der Waals surface area contributed by atoms with E-state index in [9.17, 15) is 20.0 Å². The molecule has 8 heteroatoms. The molecular weight excluding hydrogens is 396 g/mol. The molecule has 8 nitrogen and oxygen atoms in total. The van der Waals surface area contributed by atoms with Gasteiger partial charge < -0.3 is 20.2 Å². The van der Waals surface area contributed by atoms with Crippen molar-refractivity contribution < 1.29 is 14.3 Å². The first kappa shape index (κ1) is 20.8. The number of carbonyl (C=O) groups is 1. The van der Waals surface area contributed by atoms with E-state index in [2.05, 4.69) is 16.7 Å². The van der Waals surface area contributed by atoms with Gasteiger partial charge in [0.1, 0.15) is 6.04 Å². The van der Waals surface area contributed by atoms with Crippen LogP contribution in [0, 0.1) is 17.2 Å². The summed E-state index contributed by atoms with van der Waals surface area (Å²) in [7, 11) is 1.67. The molecule has 0 spiro atoms. The number of hydrogen-bond donors (Lipinski definition) is 3. The number of aryl methyl sites for hydroxylation is 1. The summed E-state index contributed by atoms with van der Waals surface area (Å²) in [6, 6.07) is 14.8. The number of rotatable bonds is 5. The van der Waals surface area contributed by atoms with Crippen LogP contribution < -0.4 is 16.4 Å². The molecule has 3 atom stereocenters. The van der Waals surface area contributed by atoms with E-state index in [4.69, 9.17) is 4.42 Å². The van der Waals surface area contributed by atoms with Gasteiger partial charge in [-0.25, -0.2) is 4.79 Å². The van der Waals surface area contributed by atoms with Gasteiger partial charge in [-0.3, -0.25) is 9.36 Å². The molecule has 0 aliphatic carbocycles. The highest BCUT2D eigenvalue weighted by Gasteiger charge is 2.27. The zero-order chi connectivity index (χ0) is 22.0. The summed E-state index contributed by atoms with van der Waals surface area (Å²) in [6.45, 7) is 0.990. The first-order valence-corrected chi connectivity index (χ1v) is 10.2. The van der Waals surface area contributed by atoms with Crippen molar-refractivity contribution in [2.45, 2.75) is 25.0 Å². The number of nitriles is 1. The van der Waals surface area contributed by atoms with Gasteiger partial charge in [0.05, 0.1) is 23.6 Å². The topological polar surface area (TPSA) is 120 Å². The molecule has 3 unspecified atom stereocenters. The average molecular weight is 420 g/mol. The zero-order valence-electron chi connectivity index (χ0n) is 17.2. The molecule has 1 aliphatic heterocycles. The molecule has 2 heterocycles. The largest absolute Gasteiger partial charge is 0.419 e. The second-order valence-corrected chi connectivity index (χ2v) is 7.95. The number of aromatic nitrogens is 1. The van der Waals surface area contributed by atoms with Gasteiger partial charge in [-0.2, -0.15) is 5.26 Å². The Kier molecular flexibility index (Phi) is 5.89. The van der Waals surface area contributed by atoms with Gasteiger partial charge in [-0.05, 0) is 35.2 Å². The summed E-state index contributed by atoms with van der Waals surface area (Å²) in [5, 5.41) is 25.0. The number of piperidine rings is 1. The third kappa shape index (κ3) is 4.53. The number of aliphatic hydroxyl groups is 1. The maximum atomic E-state index is 12.4. The van der Waals surface area contributed by atoms with E-state index in [-0.39, 0.29) is 11.8 Å². The van der Waals surface area contributed by atoms with Crippen LogP contribution in [0.25, 0.3) is 22.2 Å². The Morgan fingerprint density at radius 2 is 2.03 bits per heavy atom. The van der Waals surface area contributed by atoms with E-state index in [0.717, 1.165) is 22.2 Å². The molecule has 3 N–H and O–H groups in total. The summed E-state index contributed by atoms with van der Waals surface area (Å²) in [5.74, 6) is -0.949. The monoisotopic (exact) mass is 420 g/mol. The Morgan fingerprint density at radius 1 is 1.29 bits per heavy atom. The maximum absolute atomic E-state index is 12.4. The standard InChI is InChI=1S/C23H24N4O4/c1-27-20-10-16(6-7-21(20)31-23(27)30)15-4-2-14(3-5-15)8-18(11-24)26-22(29)17-9-19(28)13-25-12-17/h2-7,10,17-19,25,28H,8-9,12-13H2,1H3,(H,26,29). The maximum Gasteiger partial charge on any atom is 0.419 e. The number of oxazole rings is 1. The van der Waals surface area contributed by atoms with Crippen molar-refractivity contribution in [2.75, 3.05) is 13.1 Å². The van der Waals surface area contributed by atoms with Crippen LogP contribution in [0.4, 0.5) is 0 Å². The molecule has 1 aliphatic rings. The second kappa shape index (κ2) is 8.76. The molecule has 160 valence electrons. The van der Waals surface area contributed by atoms with Crippen LogP contribution in [-0.4, -0.2) is 40.8 Å². The summed E-state index contributed by atoms with van der Waals surface area (Å²) in [6.07, 6.45) is 0.250. The fraction of sp³-hybridized carbons (Fsp3) is 0.348. The smallest absolute Gasteiger partial charge is 0.408 e. The lowest BCUT2D eigenvalue weighted by Crippen LogP contribution is -2.48. The highest BCUT2D eigenvalue weighted by atomic mass is 16.4. The quantitative estimate of drug-likeness (QED) is 0.573. The minimum atomic E-state index is -0.644. The summed E-state index contributed by atoms with van der Waals surface area (Å²) >= 11 is 0. The molecule has 4 rings (SSSR count). The lowest BCUT2D eigenvalue weighted by atomic mass is 9.96. The van der Waals surface area contributed by atoms with Gasteiger partial charge in [-0.15, -0.1) is 0 Å². The van der Waals surface area contributed by atoms with Gasteiger partial charge in [0.25, 0.3) is 0 Å². The minimum absolute atomic E-state index is 0.214. The summed E-state index contributed by atoms with van der Waals surface area (Å²) in [5.41, 5.74) is 4.11. The van der Waals surface area contributed by atoms with Crippen LogP contribution in [0.15, 0.2) is 51.7 Å². The molecule has 0 saturated carbocycles. The average Bonchev–Trinajstić information content (AvgIpc) is 3.06.